The minimum Gasteiger partial charge on any atom is -0.494 e. The second-order valence-electron chi connectivity index (χ2n) is 6.69. The van der Waals surface area contributed by atoms with Crippen LogP contribution in [0.4, 0.5) is 0 Å². The first-order valence-electron chi connectivity index (χ1n) is 10.3. The lowest BCUT2D eigenvalue weighted by molar-refractivity contribution is 0.340. The topological polar surface area (TPSA) is 9.23 Å². The molecule has 1 heteroatoms. The highest BCUT2D eigenvalue weighted by Crippen LogP contribution is 2.11. The van der Waals surface area contributed by atoms with Crippen molar-refractivity contribution in [3.05, 3.63) is 77.4 Å². The summed E-state index contributed by atoms with van der Waals surface area (Å²) in [5.41, 5.74) is 3.41. The van der Waals surface area contributed by atoms with Crippen LogP contribution in [0.15, 0.2) is 60.7 Å². The van der Waals surface area contributed by atoms with E-state index in [-0.39, 0.29) is 0 Å². The summed E-state index contributed by atoms with van der Waals surface area (Å²) in [6.45, 7) is 4.90. The van der Waals surface area contributed by atoms with Crippen molar-refractivity contribution in [2.45, 2.75) is 52.4 Å². The fraction of sp³-hybridized carbons (Fsp3) is 0.333. The van der Waals surface area contributed by atoms with Crippen LogP contribution in [-0.4, -0.2) is 6.61 Å². The predicted octanol–water partition coefficient (Wildman–Crippen LogP) is 6.56. The molecular formula is C27H30O. The summed E-state index contributed by atoms with van der Waals surface area (Å²) in [6, 6.07) is 16.4. The summed E-state index contributed by atoms with van der Waals surface area (Å²) in [5.74, 6) is 13.2. The van der Waals surface area contributed by atoms with Gasteiger partial charge in [0.25, 0.3) is 0 Å². The standard InChI is InChI=1S/C27H30O/c1-3-5-6-7-10-13-24-16-18-25(19-17-24)14-11-8-9-12-15-26-20-22-27(23-21-26)28-4-2/h8-9,16-23H,3-7,10,13H2,1-2H3/b9-8+. The maximum Gasteiger partial charge on any atom is 0.119 e. The first kappa shape index (κ1) is 21.4. The van der Waals surface area contributed by atoms with E-state index in [4.69, 9.17) is 4.74 Å². The second kappa shape index (κ2) is 13.3. The summed E-state index contributed by atoms with van der Waals surface area (Å²) in [7, 11) is 0. The molecule has 0 fully saturated rings. The third-order valence-corrected chi connectivity index (χ3v) is 4.37. The van der Waals surface area contributed by atoms with Crippen molar-refractivity contribution in [2.24, 2.45) is 0 Å². The van der Waals surface area contributed by atoms with E-state index in [1.165, 1.54) is 44.1 Å². The van der Waals surface area contributed by atoms with E-state index in [0.717, 1.165) is 16.9 Å². The summed E-state index contributed by atoms with van der Waals surface area (Å²) in [6.07, 6.45) is 11.4. The van der Waals surface area contributed by atoms with Gasteiger partial charge in [-0.15, -0.1) is 0 Å². The van der Waals surface area contributed by atoms with Crippen LogP contribution in [0.1, 0.15) is 62.6 Å². The van der Waals surface area contributed by atoms with Crippen molar-refractivity contribution in [1.82, 2.24) is 0 Å². The number of hydrogen-bond acceptors (Lipinski definition) is 1. The Labute approximate surface area is 170 Å². The number of benzene rings is 2. The molecule has 0 aliphatic carbocycles. The molecule has 0 N–H and O–H groups in total. The van der Waals surface area contributed by atoms with E-state index in [0.29, 0.717) is 6.61 Å². The smallest absolute Gasteiger partial charge is 0.119 e. The van der Waals surface area contributed by atoms with Crippen molar-refractivity contribution in [3.63, 3.8) is 0 Å². The van der Waals surface area contributed by atoms with Gasteiger partial charge in [0.2, 0.25) is 0 Å². The van der Waals surface area contributed by atoms with Gasteiger partial charge in [0, 0.05) is 11.1 Å². The zero-order valence-corrected chi connectivity index (χ0v) is 17.1. The molecule has 0 aromatic heterocycles. The number of allylic oxidation sites excluding steroid dienone is 2. The molecule has 2 aromatic rings. The molecule has 144 valence electrons. The molecule has 0 heterocycles. The van der Waals surface area contributed by atoms with Crippen molar-refractivity contribution in [1.29, 1.82) is 0 Å². The summed E-state index contributed by atoms with van der Waals surface area (Å²) in [5, 5.41) is 0. The summed E-state index contributed by atoms with van der Waals surface area (Å²) < 4.78 is 5.42. The number of hydrogen-bond donors (Lipinski definition) is 0. The average molecular weight is 371 g/mol. The highest BCUT2D eigenvalue weighted by atomic mass is 16.5. The molecule has 28 heavy (non-hydrogen) atoms. The molecule has 0 bridgehead atoms. The van der Waals surface area contributed by atoms with Gasteiger partial charge >= 0.3 is 0 Å². The third kappa shape index (κ3) is 8.66. The van der Waals surface area contributed by atoms with E-state index in [1.54, 1.807) is 12.2 Å². The minimum atomic E-state index is 0.675. The lowest BCUT2D eigenvalue weighted by atomic mass is 10.0. The van der Waals surface area contributed by atoms with E-state index >= 15 is 0 Å². The van der Waals surface area contributed by atoms with E-state index in [9.17, 15) is 0 Å². The lowest BCUT2D eigenvalue weighted by Crippen LogP contribution is -1.90. The van der Waals surface area contributed by atoms with Crippen LogP contribution in [0.5, 0.6) is 5.75 Å². The third-order valence-electron chi connectivity index (χ3n) is 4.37. The SMILES string of the molecule is CCCCCCCc1ccc(C#C/C=C/C#Cc2ccc(OCC)cc2)cc1. The number of rotatable bonds is 8. The molecular weight excluding hydrogens is 340 g/mol. The lowest BCUT2D eigenvalue weighted by Gasteiger charge is -2.01. The van der Waals surface area contributed by atoms with Crippen LogP contribution in [0.3, 0.4) is 0 Å². The van der Waals surface area contributed by atoms with Gasteiger partial charge in [-0.3, -0.25) is 0 Å². The number of aryl methyl sites for hydroxylation is 1. The van der Waals surface area contributed by atoms with Crippen molar-refractivity contribution < 1.29 is 4.74 Å². The predicted molar refractivity (Wildman–Crippen MR) is 119 cm³/mol. The van der Waals surface area contributed by atoms with Crippen LogP contribution < -0.4 is 4.74 Å². The zero-order chi connectivity index (χ0) is 19.9. The van der Waals surface area contributed by atoms with E-state index in [1.807, 2.05) is 31.2 Å². The van der Waals surface area contributed by atoms with Gasteiger partial charge < -0.3 is 4.74 Å². The van der Waals surface area contributed by atoms with Gasteiger partial charge in [-0.2, -0.15) is 0 Å². The fourth-order valence-electron chi connectivity index (χ4n) is 2.82. The van der Waals surface area contributed by atoms with Crippen molar-refractivity contribution in [3.8, 4) is 29.4 Å². The average Bonchev–Trinajstić information content (AvgIpc) is 2.73. The zero-order valence-electron chi connectivity index (χ0n) is 17.1. The van der Waals surface area contributed by atoms with Crippen LogP contribution >= 0.6 is 0 Å². The molecule has 0 unspecified atom stereocenters. The Bertz CT molecular complexity index is 834. The maximum atomic E-state index is 5.42. The van der Waals surface area contributed by atoms with Crippen LogP contribution in [0.25, 0.3) is 0 Å². The molecule has 2 rings (SSSR count). The molecule has 2 aromatic carbocycles. The summed E-state index contributed by atoms with van der Waals surface area (Å²) in [4.78, 5) is 0. The maximum absolute atomic E-state index is 5.42. The van der Waals surface area contributed by atoms with Gasteiger partial charge in [0.1, 0.15) is 5.75 Å². The minimum absolute atomic E-state index is 0.675. The first-order chi connectivity index (χ1) is 13.8. The Hall–Kier alpha value is -2.90. The second-order valence-corrected chi connectivity index (χ2v) is 6.69. The Kier molecular flexibility index (Phi) is 10.2. The van der Waals surface area contributed by atoms with Gasteiger partial charge in [0.15, 0.2) is 0 Å². The molecule has 0 saturated heterocycles. The Morgan fingerprint density at radius 1 is 0.714 bits per heavy atom. The van der Waals surface area contributed by atoms with E-state index in [2.05, 4.69) is 54.9 Å². The highest BCUT2D eigenvalue weighted by molar-refractivity contribution is 5.42. The van der Waals surface area contributed by atoms with Gasteiger partial charge in [-0.05, 0) is 73.9 Å². The normalized spacial score (nSPS) is 10.1. The summed E-state index contributed by atoms with van der Waals surface area (Å²) >= 11 is 0. The monoisotopic (exact) mass is 370 g/mol. The fourth-order valence-corrected chi connectivity index (χ4v) is 2.82. The van der Waals surface area contributed by atoms with Crippen LogP contribution in [-0.2, 0) is 6.42 Å². The molecule has 0 saturated carbocycles. The van der Waals surface area contributed by atoms with Crippen LogP contribution in [0.2, 0.25) is 0 Å². The van der Waals surface area contributed by atoms with Gasteiger partial charge in [-0.1, -0.05) is 68.4 Å². The Morgan fingerprint density at radius 2 is 1.29 bits per heavy atom. The first-order valence-corrected chi connectivity index (χ1v) is 10.3. The number of unbranched alkanes of at least 4 members (excludes halogenated alkanes) is 4. The van der Waals surface area contributed by atoms with E-state index < -0.39 is 0 Å². The molecule has 0 spiro atoms. The van der Waals surface area contributed by atoms with Gasteiger partial charge in [0.05, 0.1) is 6.61 Å². The quantitative estimate of drug-likeness (QED) is 0.378. The van der Waals surface area contributed by atoms with Crippen molar-refractivity contribution >= 4 is 0 Å². The van der Waals surface area contributed by atoms with Gasteiger partial charge in [-0.25, -0.2) is 0 Å². The molecule has 1 nitrogen and oxygen atoms in total. The molecule has 0 radical (unpaired) electrons. The Balaban J connectivity index is 1.77. The molecule has 0 aliphatic rings. The molecule has 0 amide bonds. The highest BCUT2D eigenvalue weighted by Gasteiger charge is 1.94. The van der Waals surface area contributed by atoms with Crippen molar-refractivity contribution in [2.75, 3.05) is 6.61 Å². The Morgan fingerprint density at radius 3 is 1.86 bits per heavy atom. The largest absolute Gasteiger partial charge is 0.494 e. The number of ether oxygens (including phenoxy) is 1. The van der Waals surface area contributed by atoms with Crippen LogP contribution in [0, 0.1) is 23.7 Å². The molecule has 0 atom stereocenters. The molecule has 0 aliphatic heterocycles.